The van der Waals surface area contributed by atoms with Crippen molar-refractivity contribution in [1.82, 2.24) is 5.32 Å². The zero-order valence-electron chi connectivity index (χ0n) is 12.2. The molecule has 0 bridgehead atoms. The second-order valence-corrected chi connectivity index (χ2v) is 6.05. The highest BCUT2D eigenvalue weighted by atomic mass is 16.5. The Morgan fingerprint density at radius 1 is 1.29 bits per heavy atom. The van der Waals surface area contributed by atoms with Crippen LogP contribution in [-0.2, 0) is 4.74 Å². The van der Waals surface area contributed by atoms with Crippen LogP contribution in [0.4, 0.5) is 0 Å². The molecule has 0 saturated carbocycles. The van der Waals surface area contributed by atoms with Crippen LogP contribution < -0.4 is 5.32 Å². The van der Waals surface area contributed by atoms with Crippen LogP contribution in [0.5, 0.6) is 0 Å². The van der Waals surface area contributed by atoms with Crippen molar-refractivity contribution in [2.24, 2.45) is 17.8 Å². The summed E-state index contributed by atoms with van der Waals surface area (Å²) in [6.07, 6.45) is 5.57. The molecule has 1 rings (SSSR count). The third-order valence-corrected chi connectivity index (χ3v) is 3.73. The quantitative estimate of drug-likeness (QED) is 0.689. The summed E-state index contributed by atoms with van der Waals surface area (Å²) in [6.45, 7) is 12.5. The summed E-state index contributed by atoms with van der Waals surface area (Å²) in [5, 5.41) is 3.56. The lowest BCUT2D eigenvalue weighted by atomic mass is 9.83. The molecule has 0 aromatic carbocycles. The topological polar surface area (TPSA) is 21.3 Å². The molecule has 0 radical (unpaired) electrons. The summed E-state index contributed by atoms with van der Waals surface area (Å²) < 4.78 is 6.04. The zero-order valence-corrected chi connectivity index (χ0v) is 12.2. The van der Waals surface area contributed by atoms with Gasteiger partial charge in [0.15, 0.2) is 0 Å². The van der Waals surface area contributed by atoms with Gasteiger partial charge in [-0.05, 0) is 50.0 Å². The second kappa shape index (κ2) is 8.10. The predicted octanol–water partition coefficient (Wildman–Crippen LogP) is 3.46. The molecule has 0 spiro atoms. The van der Waals surface area contributed by atoms with Crippen LogP contribution in [0.15, 0.2) is 0 Å². The standard InChI is InChI=1S/C15H31NO/c1-5-8-16-11-14-7-6-9-17-15(14)13(4)10-12(2)3/h12-16H,5-11H2,1-4H3. The number of hydrogen-bond donors (Lipinski definition) is 1. The Morgan fingerprint density at radius 3 is 2.71 bits per heavy atom. The molecule has 2 nitrogen and oxygen atoms in total. The first-order chi connectivity index (χ1) is 8.15. The smallest absolute Gasteiger partial charge is 0.0640 e. The van der Waals surface area contributed by atoms with Crippen LogP contribution in [0.2, 0.25) is 0 Å². The van der Waals surface area contributed by atoms with Gasteiger partial charge in [0, 0.05) is 13.2 Å². The molecule has 0 aromatic rings. The van der Waals surface area contributed by atoms with E-state index in [4.69, 9.17) is 4.74 Å². The van der Waals surface area contributed by atoms with Crippen molar-refractivity contribution in [2.75, 3.05) is 19.7 Å². The Morgan fingerprint density at radius 2 is 2.06 bits per heavy atom. The second-order valence-electron chi connectivity index (χ2n) is 6.05. The van der Waals surface area contributed by atoms with E-state index in [1.165, 1.54) is 25.7 Å². The average Bonchev–Trinajstić information content (AvgIpc) is 2.29. The van der Waals surface area contributed by atoms with Gasteiger partial charge in [0.2, 0.25) is 0 Å². The fraction of sp³-hybridized carbons (Fsp3) is 1.00. The van der Waals surface area contributed by atoms with E-state index in [-0.39, 0.29) is 0 Å². The van der Waals surface area contributed by atoms with Gasteiger partial charge < -0.3 is 10.1 Å². The third-order valence-electron chi connectivity index (χ3n) is 3.73. The van der Waals surface area contributed by atoms with Crippen LogP contribution in [0.1, 0.15) is 53.4 Å². The van der Waals surface area contributed by atoms with Crippen molar-refractivity contribution in [3.8, 4) is 0 Å². The van der Waals surface area contributed by atoms with E-state index < -0.39 is 0 Å². The molecular weight excluding hydrogens is 210 g/mol. The van der Waals surface area contributed by atoms with E-state index in [1.807, 2.05) is 0 Å². The van der Waals surface area contributed by atoms with Crippen molar-refractivity contribution in [3.05, 3.63) is 0 Å². The number of hydrogen-bond acceptors (Lipinski definition) is 2. The van der Waals surface area contributed by atoms with Gasteiger partial charge in [0.05, 0.1) is 6.10 Å². The van der Waals surface area contributed by atoms with Crippen molar-refractivity contribution in [2.45, 2.75) is 59.5 Å². The maximum Gasteiger partial charge on any atom is 0.0640 e. The van der Waals surface area contributed by atoms with Crippen LogP contribution in [0.3, 0.4) is 0 Å². The Kier molecular flexibility index (Phi) is 7.14. The van der Waals surface area contributed by atoms with Crippen molar-refractivity contribution >= 4 is 0 Å². The molecule has 1 aliphatic rings. The Balaban J connectivity index is 2.41. The molecule has 1 heterocycles. The van der Waals surface area contributed by atoms with Gasteiger partial charge in [0.25, 0.3) is 0 Å². The van der Waals surface area contributed by atoms with Crippen LogP contribution in [0.25, 0.3) is 0 Å². The Labute approximate surface area is 108 Å². The van der Waals surface area contributed by atoms with Gasteiger partial charge >= 0.3 is 0 Å². The summed E-state index contributed by atoms with van der Waals surface area (Å²) in [7, 11) is 0. The monoisotopic (exact) mass is 241 g/mol. The SMILES string of the molecule is CCCNCC1CCCOC1C(C)CC(C)C. The van der Waals surface area contributed by atoms with Crippen molar-refractivity contribution < 1.29 is 4.74 Å². The molecule has 2 heteroatoms. The van der Waals surface area contributed by atoms with Crippen molar-refractivity contribution in [3.63, 3.8) is 0 Å². The summed E-state index contributed by atoms with van der Waals surface area (Å²) in [4.78, 5) is 0. The summed E-state index contributed by atoms with van der Waals surface area (Å²) in [5.41, 5.74) is 0. The first-order valence-electron chi connectivity index (χ1n) is 7.47. The van der Waals surface area contributed by atoms with Gasteiger partial charge in [-0.1, -0.05) is 27.7 Å². The van der Waals surface area contributed by atoms with Crippen LogP contribution in [-0.4, -0.2) is 25.8 Å². The molecular formula is C15H31NO. The molecule has 102 valence electrons. The maximum absolute atomic E-state index is 6.04. The van der Waals surface area contributed by atoms with Gasteiger partial charge in [-0.2, -0.15) is 0 Å². The van der Waals surface area contributed by atoms with Gasteiger partial charge in [0.1, 0.15) is 0 Å². The number of ether oxygens (including phenoxy) is 1. The molecule has 3 unspecified atom stereocenters. The van der Waals surface area contributed by atoms with E-state index in [9.17, 15) is 0 Å². The number of rotatable bonds is 7. The predicted molar refractivity (Wildman–Crippen MR) is 74.2 cm³/mol. The molecule has 1 saturated heterocycles. The fourth-order valence-electron chi connectivity index (χ4n) is 3.05. The molecule has 1 aliphatic heterocycles. The molecule has 17 heavy (non-hydrogen) atoms. The van der Waals surface area contributed by atoms with Gasteiger partial charge in [-0.3, -0.25) is 0 Å². The summed E-state index contributed by atoms with van der Waals surface area (Å²) >= 11 is 0. The van der Waals surface area contributed by atoms with Crippen molar-refractivity contribution in [1.29, 1.82) is 0 Å². The molecule has 0 amide bonds. The third kappa shape index (κ3) is 5.39. The minimum Gasteiger partial charge on any atom is -0.378 e. The van der Waals surface area contributed by atoms with E-state index in [1.54, 1.807) is 0 Å². The highest BCUT2D eigenvalue weighted by Crippen LogP contribution is 2.29. The molecule has 0 aromatic heterocycles. The molecule has 0 aliphatic carbocycles. The van der Waals surface area contributed by atoms with E-state index in [0.717, 1.165) is 31.5 Å². The first-order valence-corrected chi connectivity index (χ1v) is 7.47. The van der Waals surface area contributed by atoms with E-state index in [2.05, 4.69) is 33.0 Å². The van der Waals surface area contributed by atoms with Crippen LogP contribution >= 0.6 is 0 Å². The fourth-order valence-corrected chi connectivity index (χ4v) is 3.05. The van der Waals surface area contributed by atoms with E-state index in [0.29, 0.717) is 12.0 Å². The maximum atomic E-state index is 6.04. The minimum atomic E-state index is 0.482. The average molecular weight is 241 g/mol. The number of nitrogens with one attached hydrogen (secondary N) is 1. The molecule has 1 N–H and O–H groups in total. The lowest BCUT2D eigenvalue weighted by Gasteiger charge is -2.36. The van der Waals surface area contributed by atoms with Gasteiger partial charge in [-0.25, -0.2) is 0 Å². The lowest BCUT2D eigenvalue weighted by molar-refractivity contribution is -0.0597. The van der Waals surface area contributed by atoms with Gasteiger partial charge in [-0.15, -0.1) is 0 Å². The normalized spacial score (nSPS) is 27.4. The molecule has 1 fully saturated rings. The highest BCUT2D eigenvalue weighted by molar-refractivity contribution is 4.81. The van der Waals surface area contributed by atoms with Crippen LogP contribution in [0, 0.1) is 17.8 Å². The lowest BCUT2D eigenvalue weighted by Crippen LogP contribution is -2.41. The summed E-state index contributed by atoms with van der Waals surface area (Å²) in [5.74, 6) is 2.20. The minimum absolute atomic E-state index is 0.482. The Hall–Kier alpha value is -0.0800. The molecule has 3 atom stereocenters. The largest absolute Gasteiger partial charge is 0.378 e. The Bertz CT molecular complexity index is 193. The summed E-state index contributed by atoms with van der Waals surface area (Å²) in [6, 6.07) is 0. The van der Waals surface area contributed by atoms with E-state index >= 15 is 0 Å². The first kappa shape index (κ1) is 15.0. The zero-order chi connectivity index (χ0) is 12.7. The highest BCUT2D eigenvalue weighted by Gasteiger charge is 2.30.